The van der Waals surface area contributed by atoms with E-state index in [4.69, 9.17) is 15.2 Å². The monoisotopic (exact) mass is 348 g/mol. The molecule has 0 aliphatic heterocycles. The minimum Gasteiger partial charge on any atom is -0.382 e. The van der Waals surface area contributed by atoms with Gasteiger partial charge in [-0.1, -0.05) is 18.2 Å². The highest BCUT2D eigenvalue weighted by Crippen LogP contribution is 2.32. The molecule has 0 spiro atoms. The van der Waals surface area contributed by atoms with Crippen molar-refractivity contribution in [3.63, 3.8) is 0 Å². The van der Waals surface area contributed by atoms with Crippen molar-refractivity contribution in [2.45, 2.75) is 18.6 Å². The fraction of sp³-hybridized carbons (Fsp3) is 0.467. The molecule has 3 N–H and O–H groups in total. The summed E-state index contributed by atoms with van der Waals surface area (Å²) >= 11 is 0. The maximum atomic E-state index is 13.0. The van der Waals surface area contributed by atoms with Crippen LogP contribution >= 0.6 is 0 Å². The van der Waals surface area contributed by atoms with E-state index in [1.165, 1.54) is 25.3 Å². The van der Waals surface area contributed by atoms with Gasteiger partial charge in [-0.2, -0.15) is 13.2 Å². The zero-order valence-corrected chi connectivity index (χ0v) is 13.1. The van der Waals surface area contributed by atoms with Crippen molar-refractivity contribution in [2.75, 3.05) is 26.9 Å². The molecule has 1 aromatic carbocycles. The van der Waals surface area contributed by atoms with Gasteiger partial charge >= 0.3 is 6.18 Å². The van der Waals surface area contributed by atoms with Gasteiger partial charge in [0.05, 0.1) is 18.8 Å². The fourth-order valence-electron chi connectivity index (χ4n) is 1.96. The van der Waals surface area contributed by atoms with Crippen LogP contribution in [-0.2, 0) is 31.7 Å². The first-order valence-corrected chi connectivity index (χ1v) is 7.06. The molecule has 0 saturated heterocycles. The highest BCUT2D eigenvalue weighted by atomic mass is 19.4. The van der Waals surface area contributed by atoms with E-state index in [2.05, 4.69) is 5.32 Å². The number of rotatable bonds is 9. The summed E-state index contributed by atoms with van der Waals surface area (Å²) in [7, 11) is 1.46. The Morgan fingerprint density at radius 1 is 1.25 bits per heavy atom. The van der Waals surface area contributed by atoms with Crippen LogP contribution in [0.4, 0.5) is 13.2 Å². The number of benzene rings is 1. The third kappa shape index (κ3) is 6.55. The van der Waals surface area contributed by atoms with Crippen LogP contribution in [0.1, 0.15) is 11.1 Å². The summed E-state index contributed by atoms with van der Waals surface area (Å²) in [5.41, 5.74) is 4.17. The lowest BCUT2D eigenvalue weighted by atomic mass is 9.99. The summed E-state index contributed by atoms with van der Waals surface area (Å²) in [4.78, 5) is 23.1. The Morgan fingerprint density at radius 2 is 1.92 bits per heavy atom. The number of hydrogen-bond acceptors (Lipinski definition) is 4. The SMILES string of the molecule is COCCOCC(=O)N[C@H](Cc1ccccc1C(F)(F)F)C(N)=O. The van der Waals surface area contributed by atoms with Crippen LogP contribution < -0.4 is 11.1 Å². The third-order valence-electron chi connectivity index (χ3n) is 3.09. The van der Waals surface area contributed by atoms with Crippen molar-refractivity contribution in [3.8, 4) is 0 Å². The molecule has 2 amide bonds. The van der Waals surface area contributed by atoms with E-state index in [-0.39, 0.29) is 31.8 Å². The number of carbonyl (C=O) groups excluding carboxylic acids is 2. The summed E-state index contributed by atoms with van der Waals surface area (Å²) in [6.07, 6.45) is -4.93. The van der Waals surface area contributed by atoms with Gasteiger partial charge in [-0.3, -0.25) is 9.59 Å². The van der Waals surface area contributed by atoms with Gasteiger partial charge in [0.2, 0.25) is 11.8 Å². The number of ether oxygens (including phenoxy) is 2. The van der Waals surface area contributed by atoms with Crippen molar-refractivity contribution < 1.29 is 32.2 Å². The second kappa shape index (κ2) is 9.24. The van der Waals surface area contributed by atoms with E-state index in [0.717, 1.165) is 6.07 Å². The largest absolute Gasteiger partial charge is 0.416 e. The Labute approximate surface area is 137 Å². The molecule has 0 aliphatic rings. The molecule has 9 heteroatoms. The average molecular weight is 348 g/mol. The smallest absolute Gasteiger partial charge is 0.382 e. The first-order chi connectivity index (χ1) is 11.3. The zero-order valence-electron chi connectivity index (χ0n) is 13.1. The molecular formula is C15H19F3N2O4. The molecular weight excluding hydrogens is 329 g/mol. The number of carbonyl (C=O) groups is 2. The van der Waals surface area contributed by atoms with Crippen LogP contribution in [0.2, 0.25) is 0 Å². The molecule has 0 aliphatic carbocycles. The maximum absolute atomic E-state index is 13.0. The Kier molecular flexibility index (Phi) is 7.66. The van der Waals surface area contributed by atoms with Gasteiger partial charge in [-0.15, -0.1) is 0 Å². The second-order valence-corrected chi connectivity index (χ2v) is 4.93. The molecule has 1 aromatic rings. The van der Waals surface area contributed by atoms with Gasteiger partial charge in [-0.25, -0.2) is 0 Å². The van der Waals surface area contributed by atoms with Gasteiger partial charge in [-0.05, 0) is 11.6 Å². The topological polar surface area (TPSA) is 90.7 Å². The molecule has 24 heavy (non-hydrogen) atoms. The van der Waals surface area contributed by atoms with Crippen molar-refractivity contribution >= 4 is 11.8 Å². The number of primary amides is 1. The Hall–Kier alpha value is -2.13. The van der Waals surface area contributed by atoms with Crippen LogP contribution in [0.3, 0.4) is 0 Å². The molecule has 0 bridgehead atoms. The predicted octanol–water partition coefficient (Wildman–Crippen LogP) is 0.881. The summed E-state index contributed by atoms with van der Waals surface area (Å²) < 4.78 is 48.6. The summed E-state index contributed by atoms with van der Waals surface area (Å²) in [6, 6.07) is 3.53. The van der Waals surface area contributed by atoms with Crippen LogP contribution in [-0.4, -0.2) is 44.8 Å². The van der Waals surface area contributed by atoms with Crippen LogP contribution in [0.25, 0.3) is 0 Å². The Bertz CT molecular complexity index is 564. The molecule has 134 valence electrons. The minimum absolute atomic E-state index is 0.130. The van der Waals surface area contributed by atoms with Crippen LogP contribution in [0.15, 0.2) is 24.3 Å². The molecule has 0 fully saturated rings. The lowest BCUT2D eigenvalue weighted by molar-refractivity contribution is -0.138. The number of hydrogen-bond donors (Lipinski definition) is 2. The van der Waals surface area contributed by atoms with Crippen LogP contribution in [0, 0.1) is 0 Å². The lowest BCUT2D eigenvalue weighted by Crippen LogP contribution is -2.47. The fourth-order valence-corrected chi connectivity index (χ4v) is 1.96. The molecule has 0 aromatic heterocycles. The number of amides is 2. The number of nitrogens with one attached hydrogen (secondary N) is 1. The van der Waals surface area contributed by atoms with Gasteiger partial charge in [0.25, 0.3) is 0 Å². The van der Waals surface area contributed by atoms with Crippen molar-refractivity contribution in [2.24, 2.45) is 5.73 Å². The number of methoxy groups -OCH3 is 1. The molecule has 0 radical (unpaired) electrons. The van der Waals surface area contributed by atoms with Gasteiger partial charge < -0.3 is 20.5 Å². The van der Waals surface area contributed by atoms with Crippen LogP contribution in [0.5, 0.6) is 0 Å². The first kappa shape index (κ1) is 19.9. The number of halogens is 3. The van der Waals surface area contributed by atoms with Gasteiger partial charge in [0.15, 0.2) is 0 Å². The minimum atomic E-state index is -4.56. The highest BCUT2D eigenvalue weighted by Gasteiger charge is 2.34. The summed E-state index contributed by atoms with van der Waals surface area (Å²) in [5, 5.41) is 2.27. The number of alkyl halides is 3. The lowest BCUT2D eigenvalue weighted by Gasteiger charge is -2.18. The zero-order chi connectivity index (χ0) is 18.2. The van der Waals surface area contributed by atoms with E-state index < -0.39 is 29.6 Å². The van der Waals surface area contributed by atoms with E-state index in [1.54, 1.807) is 0 Å². The summed E-state index contributed by atoms with van der Waals surface area (Å²) in [5.74, 6) is -1.59. The summed E-state index contributed by atoms with van der Waals surface area (Å²) in [6.45, 7) is 0.0988. The van der Waals surface area contributed by atoms with Crippen molar-refractivity contribution in [1.29, 1.82) is 0 Å². The third-order valence-corrected chi connectivity index (χ3v) is 3.09. The maximum Gasteiger partial charge on any atom is 0.416 e. The van der Waals surface area contributed by atoms with E-state index in [0.29, 0.717) is 0 Å². The average Bonchev–Trinajstić information content (AvgIpc) is 2.50. The molecule has 0 unspecified atom stereocenters. The second-order valence-electron chi connectivity index (χ2n) is 4.93. The first-order valence-electron chi connectivity index (χ1n) is 7.06. The molecule has 1 atom stereocenters. The van der Waals surface area contributed by atoms with E-state index in [9.17, 15) is 22.8 Å². The molecule has 6 nitrogen and oxygen atoms in total. The predicted molar refractivity (Wildman–Crippen MR) is 79.0 cm³/mol. The molecule has 0 heterocycles. The van der Waals surface area contributed by atoms with Gasteiger partial charge in [0, 0.05) is 13.5 Å². The Balaban J connectivity index is 2.74. The molecule has 1 rings (SSSR count). The standard InChI is InChI=1S/C15H19F3N2O4/c1-23-6-7-24-9-13(21)20-12(14(19)22)8-10-4-2-3-5-11(10)15(16,17)18/h2-5,12H,6-9H2,1H3,(H2,19,22)(H,20,21)/t12-/m1/s1. The van der Waals surface area contributed by atoms with Crippen molar-refractivity contribution in [3.05, 3.63) is 35.4 Å². The van der Waals surface area contributed by atoms with E-state index in [1.807, 2.05) is 0 Å². The highest BCUT2D eigenvalue weighted by molar-refractivity contribution is 5.87. The van der Waals surface area contributed by atoms with Gasteiger partial charge in [0.1, 0.15) is 12.6 Å². The van der Waals surface area contributed by atoms with Crippen molar-refractivity contribution in [1.82, 2.24) is 5.32 Å². The molecule has 0 saturated carbocycles. The quantitative estimate of drug-likeness (QED) is 0.648. The number of nitrogens with two attached hydrogens (primary N) is 1. The normalized spacial score (nSPS) is 12.7. The van der Waals surface area contributed by atoms with E-state index >= 15 is 0 Å². The Morgan fingerprint density at radius 3 is 2.50 bits per heavy atom.